The summed E-state index contributed by atoms with van der Waals surface area (Å²) in [5.41, 5.74) is 0.426. The maximum atomic E-state index is 13.2. The van der Waals surface area contributed by atoms with Crippen molar-refractivity contribution in [2.45, 2.75) is 70.1 Å². The van der Waals surface area contributed by atoms with E-state index in [1.54, 1.807) is 0 Å². The summed E-state index contributed by atoms with van der Waals surface area (Å²) in [4.78, 5) is 13.2. The SMILES string of the molecule is CCS(=O)(=O)Nc1c(O)c(C(c2ccccc2)C2CC2)c(C(CC2CC2)CC2CCCOC2)oc1=O. The van der Waals surface area contributed by atoms with Crippen molar-refractivity contribution in [3.63, 3.8) is 0 Å². The van der Waals surface area contributed by atoms with Crippen molar-refractivity contribution in [1.82, 2.24) is 0 Å². The van der Waals surface area contributed by atoms with Gasteiger partial charge in [0.2, 0.25) is 10.0 Å². The lowest BCUT2D eigenvalue weighted by molar-refractivity contribution is 0.0472. The van der Waals surface area contributed by atoms with Crippen LogP contribution in [-0.2, 0) is 14.8 Å². The highest BCUT2D eigenvalue weighted by atomic mass is 32.2. The van der Waals surface area contributed by atoms with Gasteiger partial charge in [0.1, 0.15) is 5.76 Å². The normalized spacial score (nSPS) is 22.2. The Morgan fingerprint density at radius 3 is 2.39 bits per heavy atom. The molecule has 1 aromatic heterocycles. The van der Waals surface area contributed by atoms with Crippen LogP contribution in [0.5, 0.6) is 5.75 Å². The molecular formula is C28H37NO6S. The molecule has 0 spiro atoms. The molecule has 1 saturated heterocycles. The number of sulfonamides is 1. The average Bonchev–Trinajstić information content (AvgIpc) is 3.80. The van der Waals surface area contributed by atoms with Gasteiger partial charge in [-0.15, -0.1) is 0 Å². The molecule has 3 unspecified atom stereocenters. The van der Waals surface area contributed by atoms with E-state index < -0.39 is 15.6 Å². The van der Waals surface area contributed by atoms with Crippen LogP contribution in [0.15, 0.2) is 39.5 Å². The first-order chi connectivity index (χ1) is 17.4. The molecule has 1 aromatic carbocycles. The molecule has 196 valence electrons. The fourth-order valence-electron chi connectivity index (χ4n) is 5.70. The lowest BCUT2D eigenvalue weighted by Gasteiger charge is -2.29. The van der Waals surface area contributed by atoms with Gasteiger partial charge in [0.15, 0.2) is 11.4 Å². The molecule has 2 N–H and O–H groups in total. The Morgan fingerprint density at radius 2 is 1.78 bits per heavy atom. The first-order valence-electron chi connectivity index (χ1n) is 13.4. The Morgan fingerprint density at radius 1 is 1.06 bits per heavy atom. The number of benzene rings is 1. The molecule has 0 bridgehead atoms. The second-order valence-electron chi connectivity index (χ2n) is 10.8. The van der Waals surface area contributed by atoms with E-state index in [1.165, 1.54) is 19.8 Å². The molecular weight excluding hydrogens is 478 g/mol. The van der Waals surface area contributed by atoms with Gasteiger partial charge in [-0.1, -0.05) is 43.2 Å². The summed E-state index contributed by atoms with van der Waals surface area (Å²) in [6, 6.07) is 9.99. The molecule has 7 nitrogen and oxygen atoms in total. The van der Waals surface area contributed by atoms with Crippen molar-refractivity contribution in [2.24, 2.45) is 17.8 Å². The molecule has 2 saturated carbocycles. The van der Waals surface area contributed by atoms with Crippen molar-refractivity contribution < 1.29 is 22.7 Å². The Balaban J connectivity index is 1.65. The molecule has 3 fully saturated rings. The van der Waals surface area contributed by atoms with Gasteiger partial charge in [-0.3, -0.25) is 4.72 Å². The Kier molecular flexibility index (Phi) is 7.45. The van der Waals surface area contributed by atoms with Crippen LogP contribution >= 0.6 is 0 Å². The van der Waals surface area contributed by atoms with Crippen LogP contribution in [0.3, 0.4) is 0 Å². The van der Waals surface area contributed by atoms with E-state index in [1.807, 2.05) is 30.3 Å². The van der Waals surface area contributed by atoms with E-state index in [0.29, 0.717) is 35.7 Å². The summed E-state index contributed by atoms with van der Waals surface area (Å²) in [5.74, 6) is 1.13. The number of hydrogen-bond donors (Lipinski definition) is 2. The highest BCUT2D eigenvalue weighted by molar-refractivity contribution is 7.92. The standard InChI is InChI=1S/C28H37NO6S/c1-2-36(32,33)29-25-26(30)24(23(21-12-13-21)20-8-4-3-5-9-20)27(35-28(25)31)22(15-18-10-11-18)16-19-7-6-14-34-17-19/h3-5,8-9,18-19,21-23,29-30H,2,6-7,10-17H2,1H3. The van der Waals surface area contributed by atoms with Crippen LogP contribution in [0.2, 0.25) is 0 Å². The Bertz CT molecular complexity index is 1210. The van der Waals surface area contributed by atoms with Crippen molar-refractivity contribution in [2.75, 3.05) is 23.7 Å². The van der Waals surface area contributed by atoms with E-state index in [-0.39, 0.29) is 29.0 Å². The monoisotopic (exact) mass is 515 g/mol. The molecule has 5 rings (SSSR count). The largest absolute Gasteiger partial charge is 0.505 e. The third kappa shape index (κ3) is 5.80. The smallest absolute Gasteiger partial charge is 0.364 e. The summed E-state index contributed by atoms with van der Waals surface area (Å²) in [6.45, 7) is 2.98. The van der Waals surface area contributed by atoms with E-state index >= 15 is 0 Å². The van der Waals surface area contributed by atoms with E-state index in [9.17, 15) is 18.3 Å². The molecule has 2 heterocycles. The van der Waals surface area contributed by atoms with Crippen LogP contribution in [0, 0.1) is 17.8 Å². The van der Waals surface area contributed by atoms with Crippen LogP contribution in [0.4, 0.5) is 5.69 Å². The van der Waals surface area contributed by atoms with Gasteiger partial charge in [-0.25, -0.2) is 13.2 Å². The molecule has 3 aliphatic rings. The fraction of sp³-hybridized carbons (Fsp3) is 0.607. The van der Waals surface area contributed by atoms with Gasteiger partial charge in [0, 0.05) is 30.6 Å². The van der Waals surface area contributed by atoms with Crippen molar-refractivity contribution in [3.05, 3.63) is 57.6 Å². The maximum Gasteiger partial charge on any atom is 0.364 e. The Labute approximate surface area is 213 Å². The van der Waals surface area contributed by atoms with E-state index in [0.717, 1.165) is 50.7 Å². The van der Waals surface area contributed by atoms with Gasteiger partial charge in [-0.05, 0) is 68.8 Å². The number of aromatic hydroxyl groups is 1. The summed E-state index contributed by atoms with van der Waals surface area (Å²) in [6.07, 6.45) is 8.19. The maximum absolute atomic E-state index is 13.2. The summed E-state index contributed by atoms with van der Waals surface area (Å²) < 4.78 is 38.9. The lowest BCUT2D eigenvalue weighted by atomic mass is 9.79. The predicted molar refractivity (Wildman–Crippen MR) is 139 cm³/mol. The second-order valence-corrected chi connectivity index (χ2v) is 12.8. The third-order valence-electron chi connectivity index (χ3n) is 7.92. The number of anilines is 1. The topological polar surface area (TPSA) is 106 Å². The third-order valence-corrected chi connectivity index (χ3v) is 9.20. The zero-order valence-electron chi connectivity index (χ0n) is 20.9. The first kappa shape index (κ1) is 25.3. The Hall–Kier alpha value is -2.32. The zero-order chi connectivity index (χ0) is 25.3. The predicted octanol–water partition coefficient (Wildman–Crippen LogP) is 5.35. The molecule has 0 amide bonds. The molecule has 0 radical (unpaired) electrons. The summed E-state index contributed by atoms with van der Waals surface area (Å²) >= 11 is 0. The van der Waals surface area contributed by atoms with Crippen LogP contribution in [0.1, 0.15) is 87.0 Å². The van der Waals surface area contributed by atoms with E-state index in [2.05, 4.69) is 4.72 Å². The average molecular weight is 516 g/mol. The molecule has 8 heteroatoms. The molecule has 3 atom stereocenters. The van der Waals surface area contributed by atoms with E-state index in [4.69, 9.17) is 9.15 Å². The first-order valence-corrected chi connectivity index (χ1v) is 15.0. The number of nitrogens with one attached hydrogen (secondary N) is 1. The van der Waals surface area contributed by atoms with Gasteiger partial charge in [0.25, 0.3) is 0 Å². The highest BCUT2D eigenvalue weighted by Crippen LogP contribution is 2.53. The van der Waals surface area contributed by atoms with Gasteiger partial charge in [0.05, 0.1) is 5.75 Å². The minimum absolute atomic E-state index is 0.0282. The minimum atomic E-state index is -3.78. The summed E-state index contributed by atoms with van der Waals surface area (Å²) in [5, 5.41) is 11.6. The number of rotatable bonds is 11. The fourth-order valence-corrected chi connectivity index (χ4v) is 6.34. The van der Waals surface area contributed by atoms with Gasteiger partial charge in [-0.2, -0.15) is 0 Å². The van der Waals surface area contributed by atoms with Crippen molar-refractivity contribution >= 4 is 15.7 Å². The molecule has 2 aliphatic carbocycles. The second kappa shape index (κ2) is 10.6. The van der Waals surface area contributed by atoms with Crippen LogP contribution < -0.4 is 10.3 Å². The minimum Gasteiger partial charge on any atom is -0.505 e. The quantitative estimate of drug-likeness (QED) is 0.418. The van der Waals surface area contributed by atoms with Crippen LogP contribution in [0.25, 0.3) is 0 Å². The summed E-state index contributed by atoms with van der Waals surface area (Å²) in [7, 11) is -3.78. The van der Waals surface area contributed by atoms with Gasteiger partial charge >= 0.3 is 5.63 Å². The van der Waals surface area contributed by atoms with Crippen molar-refractivity contribution in [3.8, 4) is 5.75 Å². The molecule has 1 aliphatic heterocycles. The number of ether oxygens (including phenoxy) is 1. The van der Waals surface area contributed by atoms with Crippen molar-refractivity contribution in [1.29, 1.82) is 0 Å². The zero-order valence-corrected chi connectivity index (χ0v) is 21.8. The van der Waals surface area contributed by atoms with Gasteiger partial charge < -0.3 is 14.3 Å². The molecule has 2 aromatic rings. The lowest BCUT2D eigenvalue weighted by Crippen LogP contribution is -2.24. The molecule has 36 heavy (non-hydrogen) atoms. The highest BCUT2D eigenvalue weighted by Gasteiger charge is 2.41. The number of hydrogen-bond acceptors (Lipinski definition) is 6. The van der Waals surface area contributed by atoms with Crippen LogP contribution in [-0.4, -0.2) is 32.5 Å².